The van der Waals surface area contributed by atoms with Crippen molar-refractivity contribution < 1.29 is 13.6 Å². The molecular weight excluding hydrogens is 238 g/mol. The van der Waals surface area contributed by atoms with Gasteiger partial charge in [-0.3, -0.25) is 4.79 Å². The zero-order valence-corrected chi connectivity index (χ0v) is 10.2. The first-order chi connectivity index (χ1) is 8.54. The Hall–Kier alpha value is -1.49. The molecule has 1 saturated heterocycles. The van der Waals surface area contributed by atoms with Crippen molar-refractivity contribution in [3.8, 4) is 0 Å². The molecule has 1 fully saturated rings. The van der Waals surface area contributed by atoms with E-state index in [0.717, 1.165) is 37.6 Å². The summed E-state index contributed by atoms with van der Waals surface area (Å²) in [5.41, 5.74) is 0.150. The maximum Gasteiger partial charge on any atom is 0.241 e. The average molecular weight is 254 g/mol. The Kier molecular flexibility index (Phi) is 3.91. The van der Waals surface area contributed by atoms with Crippen LogP contribution in [0.2, 0.25) is 0 Å². The fourth-order valence-electron chi connectivity index (χ4n) is 2.16. The first-order valence-electron chi connectivity index (χ1n) is 6.05. The lowest BCUT2D eigenvalue weighted by atomic mass is 9.94. The van der Waals surface area contributed by atoms with Crippen LogP contribution in [-0.2, 0) is 4.79 Å². The molecule has 1 aromatic carbocycles. The second-order valence-electron chi connectivity index (χ2n) is 4.78. The molecule has 18 heavy (non-hydrogen) atoms. The van der Waals surface area contributed by atoms with Crippen LogP contribution in [0.4, 0.5) is 14.5 Å². The molecule has 98 valence electrons. The van der Waals surface area contributed by atoms with Crippen molar-refractivity contribution in [1.82, 2.24) is 5.32 Å². The highest BCUT2D eigenvalue weighted by Gasteiger charge is 2.24. The van der Waals surface area contributed by atoms with E-state index in [1.807, 2.05) is 0 Å². The molecule has 3 nitrogen and oxygen atoms in total. The predicted molar refractivity (Wildman–Crippen MR) is 65.2 cm³/mol. The van der Waals surface area contributed by atoms with Gasteiger partial charge in [-0.25, -0.2) is 8.78 Å². The van der Waals surface area contributed by atoms with Crippen molar-refractivity contribution in [1.29, 1.82) is 0 Å². The Morgan fingerprint density at radius 3 is 2.61 bits per heavy atom. The fourth-order valence-corrected chi connectivity index (χ4v) is 2.16. The van der Waals surface area contributed by atoms with E-state index in [1.165, 1.54) is 0 Å². The van der Waals surface area contributed by atoms with Crippen LogP contribution in [0.5, 0.6) is 0 Å². The van der Waals surface area contributed by atoms with Crippen molar-refractivity contribution in [2.75, 3.05) is 11.9 Å². The summed E-state index contributed by atoms with van der Waals surface area (Å²) >= 11 is 0. The monoisotopic (exact) mass is 254 g/mol. The van der Waals surface area contributed by atoms with Crippen molar-refractivity contribution in [3.05, 3.63) is 29.8 Å². The lowest BCUT2D eigenvalue weighted by molar-refractivity contribution is -0.119. The van der Waals surface area contributed by atoms with Gasteiger partial charge in [0.1, 0.15) is 11.6 Å². The van der Waals surface area contributed by atoms with E-state index in [-0.39, 0.29) is 17.6 Å². The third kappa shape index (κ3) is 3.26. The molecule has 1 aromatic rings. The van der Waals surface area contributed by atoms with Crippen LogP contribution in [0.15, 0.2) is 18.2 Å². The van der Waals surface area contributed by atoms with Gasteiger partial charge >= 0.3 is 0 Å². The molecule has 2 rings (SSSR count). The minimum atomic E-state index is -0.699. The Morgan fingerprint density at radius 2 is 2.00 bits per heavy atom. The van der Waals surface area contributed by atoms with Gasteiger partial charge in [-0.2, -0.15) is 0 Å². The molecule has 1 aliphatic rings. The molecule has 0 radical (unpaired) electrons. The number of carbonyl (C=O) groups is 1. The number of halogens is 2. The van der Waals surface area contributed by atoms with Gasteiger partial charge in [0, 0.05) is 11.8 Å². The van der Waals surface area contributed by atoms with E-state index >= 15 is 0 Å². The summed E-state index contributed by atoms with van der Waals surface area (Å²) in [6.45, 7) is 2.87. The van der Waals surface area contributed by atoms with Crippen LogP contribution in [0.1, 0.15) is 19.8 Å². The molecule has 1 aliphatic heterocycles. The Balaban J connectivity index is 2.02. The molecule has 0 bridgehead atoms. The van der Waals surface area contributed by atoms with E-state index in [0.29, 0.717) is 5.92 Å². The van der Waals surface area contributed by atoms with Crippen LogP contribution in [-0.4, -0.2) is 18.5 Å². The van der Waals surface area contributed by atoms with Crippen molar-refractivity contribution in [2.45, 2.75) is 25.8 Å². The van der Waals surface area contributed by atoms with Crippen LogP contribution in [0.25, 0.3) is 0 Å². The van der Waals surface area contributed by atoms with Crippen LogP contribution in [0.3, 0.4) is 0 Å². The second-order valence-corrected chi connectivity index (χ2v) is 4.78. The Morgan fingerprint density at radius 1 is 1.33 bits per heavy atom. The highest BCUT2D eigenvalue weighted by molar-refractivity contribution is 5.94. The minimum absolute atomic E-state index is 0.150. The summed E-state index contributed by atoms with van der Waals surface area (Å²) in [4.78, 5) is 11.9. The molecule has 2 N–H and O–H groups in total. The topological polar surface area (TPSA) is 41.1 Å². The number of hydrogen-bond donors (Lipinski definition) is 2. The summed E-state index contributed by atoms with van der Waals surface area (Å²) in [5.74, 6) is -1.16. The van der Waals surface area contributed by atoms with E-state index in [2.05, 4.69) is 17.6 Å². The maximum atomic E-state index is 13.0. The number of benzene rings is 1. The lowest BCUT2D eigenvalue weighted by Crippen LogP contribution is -2.45. The summed E-state index contributed by atoms with van der Waals surface area (Å²) < 4.78 is 26.0. The van der Waals surface area contributed by atoms with Gasteiger partial charge in [-0.1, -0.05) is 6.92 Å². The first kappa shape index (κ1) is 13.0. The SMILES string of the molecule is CC1CCNC(C(=O)Nc2cc(F)cc(F)c2)C1. The lowest BCUT2D eigenvalue weighted by Gasteiger charge is -2.27. The highest BCUT2D eigenvalue weighted by atomic mass is 19.1. The number of anilines is 1. The van der Waals surface area contributed by atoms with E-state index in [9.17, 15) is 13.6 Å². The normalized spacial score (nSPS) is 23.7. The number of rotatable bonds is 2. The van der Waals surface area contributed by atoms with Gasteiger partial charge in [0.25, 0.3) is 0 Å². The molecule has 1 amide bonds. The van der Waals surface area contributed by atoms with Crippen molar-refractivity contribution in [2.24, 2.45) is 5.92 Å². The van der Waals surface area contributed by atoms with Crippen molar-refractivity contribution in [3.63, 3.8) is 0 Å². The summed E-state index contributed by atoms with van der Waals surface area (Å²) in [5, 5.41) is 5.63. The number of amides is 1. The molecule has 0 aromatic heterocycles. The van der Waals surface area contributed by atoms with Gasteiger partial charge in [0.15, 0.2) is 0 Å². The third-order valence-electron chi connectivity index (χ3n) is 3.11. The highest BCUT2D eigenvalue weighted by Crippen LogP contribution is 2.18. The summed E-state index contributed by atoms with van der Waals surface area (Å²) in [7, 11) is 0. The van der Waals surface area contributed by atoms with Gasteiger partial charge in [0.05, 0.1) is 6.04 Å². The van der Waals surface area contributed by atoms with Crippen LogP contribution < -0.4 is 10.6 Å². The summed E-state index contributed by atoms with van der Waals surface area (Å²) in [6, 6.07) is 2.69. The molecule has 0 spiro atoms. The van der Waals surface area contributed by atoms with Gasteiger partial charge in [-0.15, -0.1) is 0 Å². The zero-order valence-electron chi connectivity index (χ0n) is 10.2. The van der Waals surface area contributed by atoms with Gasteiger partial charge in [-0.05, 0) is 37.4 Å². The number of hydrogen-bond acceptors (Lipinski definition) is 2. The average Bonchev–Trinajstić information content (AvgIpc) is 2.27. The molecule has 2 atom stereocenters. The van der Waals surface area contributed by atoms with E-state index < -0.39 is 11.6 Å². The number of carbonyl (C=O) groups excluding carboxylic acids is 1. The minimum Gasteiger partial charge on any atom is -0.325 e. The van der Waals surface area contributed by atoms with E-state index in [4.69, 9.17) is 0 Å². The second kappa shape index (κ2) is 5.44. The Bertz CT molecular complexity index is 430. The smallest absolute Gasteiger partial charge is 0.241 e. The molecule has 1 heterocycles. The van der Waals surface area contributed by atoms with Crippen LogP contribution in [0, 0.1) is 17.6 Å². The summed E-state index contributed by atoms with van der Waals surface area (Å²) in [6.07, 6.45) is 1.78. The number of piperidine rings is 1. The zero-order chi connectivity index (χ0) is 13.1. The fraction of sp³-hybridized carbons (Fsp3) is 0.462. The van der Waals surface area contributed by atoms with E-state index in [1.54, 1.807) is 0 Å². The molecular formula is C13H16F2N2O. The molecule has 0 aliphatic carbocycles. The van der Waals surface area contributed by atoms with Crippen LogP contribution >= 0.6 is 0 Å². The third-order valence-corrected chi connectivity index (χ3v) is 3.11. The molecule has 2 unspecified atom stereocenters. The quantitative estimate of drug-likeness (QED) is 0.850. The first-order valence-corrected chi connectivity index (χ1v) is 6.05. The maximum absolute atomic E-state index is 13.0. The Labute approximate surface area is 105 Å². The number of nitrogens with one attached hydrogen (secondary N) is 2. The standard InChI is InChI=1S/C13H16F2N2O/c1-8-2-3-16-12(4-8)13(18)17-11-6-9(14)5-10(15)7-11/h5-8,12,16H,2-4H2,1H3,(H,17,18). The van der Waals surface area contributed by atoms with Gasteiger partial charge in [0.2, 0.25) is 5.91 Å². The van der Waals surface area contributed by atoms with Crippen molar-refractivity contribution >= 4 is 11.6 Å². The van der Waals surface area contributed by atoms with Gasteiger partial charge < -0.3 is 10.6 Å². The molecule has 5 heteroatoms. The molecule has 0 saturated carbocycles. The predicted octanol–water partition coefficient (Wildman–Crippen LogP) is 2.29. The largest absolute Gasteiger partial charge is 0.325 e.